The molecule has 0 spiro atoms. The number of quaternary nitrogens is 1. The van der Waals surface area contributed by atoms with Crippen LogP contribution in [0.4, 0.5) is 5.13 Å². The molecular formula is C23H30N3O2S+. The van der Waals surface area contributed by atoms with E-state index in [0.717, 1.165) is 46.3 Å². The first-order valence-corrected chi connectivity index (χ1v) is 11.1. The quantitative estimate of drug-likeness (QED) is 0.584. The van der Waals surface area contributed by atoms with Crippen LogP contribution in [-0.4, -0.2) is 43.7 Å². The third-order valence-electron chi connectivity index (χ3n) is 5.10. The van der Waals surface area contributed by atoms with Crippen LogP contribution in [0.15, 0.2) is 42.5 Å². The van der Waals surface area contributed by atoms with Gasteiger partial charge in [-0.1, -0.05) is 35.1 Å². The maximum absolute atomic E-state index is 13.4. The number of fused-ring (bicyclic) bond motifs is 1. The van der Waals surface area contributed by atoms with Crippen molar-refractivity contribution in [2.75, 3.05) is 37.7 Å². The number of nitrogens with zero attached hydrogens (tertiary/aromatic N) is 2. The Kier molecular flexibility index (Phi) is 7.23. The van der Waals surface area contributed by atoms with E-state index in [2.05, 4.69) is 13.8 Å². The van der Waals surface area contributed by atoms with Crippen LogP contribution >= 0.6 is 11.3 Å². The molecule has 1 amide bonds. The van der Waals surface area contributed by atoms with Crippen molar-refractivity contribution in [3.8, 4) is 5.75 Å². The molecular weight excluding hydrogens is 382 g/mol. The molecule has 3 aromatic rings. The van der Waals surface area contributed by atoms with Crippen molar-refractivity contribution in [1.29, 1.82) is 0 Å². The maximum Gasteiger partial charge on any atom is 0.260 e. The first kappa shape index (κ1) is 21.3. The highest BCUT2D eigenvalue weighted by Crippen LogP contribution is 2.34. The lowest BCUT2D eigenvalue weighted by Crippen LogP contribution is -3.12. The molecule has 0 unspecified atom stereocenters. The molecule has 3 rings (SSSR count). The number of likely N-dealkylation sites (N-methyl/N-ethyl adjacent to an activating group) is 1. The minimum absolute atomic E-state index is 0.00253. The number of rotatable bonds is 9. The fourth-order valence-corrected chi connectivity index (χ4v) is 4.40. The molecule has 0 aliphatic carbocycles. The molecule has 0 atom stereocenters. The number of benzene rings is 2. The van der Waals surface area contributed by atoms with E-state index in [1.54, 1.807) is 11.3 Å². The van der Waals surface area contributed by atoms with Gasteiger partial charge < -0.3 is 9.64 Å². The van der Waals surface area contributed by atoms with Gasteiger partial charge in [0.2, 0.25) is 0 Å². The van der Waals surface area contributed by atoms with Gasteiger partial charge in [0, 0.05) is 5.56 Å². The number of hydrogen-bond acceptors (Lipinski definition) is 4. The van der Waals surface area contributed by atoms with E-state index in [9.17, 15) is 4.79 Å². The summed E-state index contributed by atoms with van der Waals surface area (Å²) in [6, 6.07) is 13.7. The lowest BCUT2D eigenvalue weighted by molar-refractivity contribution is -0.894. The molecule has 0 fully saturated rings. The highest BCUT2D eigenvalue weighted by Gasteiger charge is 2.23. The number of aryl methyl sites for hydroxylation is 1. The first-order chi connectivity index (χ1) is 14.1. The number of thiazole rings is 1. The molecule has 0 saturated heterocycles. The number of carbonyl (C=O) groups is 1. The second kappa shape index (κ2) is 9.85. The van der Waals surface area contributed by atoms with Gasteiger partial charge in [0.25, 0.3) is 5.91 Å². The predicted octanol–water partition coefficient (Wildman–Crippen LogP) is 3.57. The largest absolute Gasteiger partial charge is 0.492 e. The van der Waals surface area contributed by atoms with Gasteiger partial charge in [0.1, 0.15) is 11.3 Å². The van der Waals surface area contributed by atoms with Crippen molar-refractivity contribution < 1.29 is 14.4 Å². The molecule has 1 aromatic heterocycles. The molecule has 29 heavy (non-hydrogen) atoms. The summed E-state index contributed by atoms with van der Waals surface area (Å²) in [5.41, 5.74) is 2.60. The van der Waals surface area contributed by atoms with Gasteiger partial charge >= 0.3 is 0 Å². The fraction of sp³-hybridized carbons (Fsp3) is 0.391. The summed E-state index contributed by atoms with van der Waals surface area (Å²) in [7, 11) is 0. The Balaban J connectivity index is 1.99. The average Bonchev–Trinajstić information content (AvgIpc) is 3.16. The third kappa shape index (κ3) is 4.95. The van der Waals surface area contributed by atoms with E-state index in [-0.39, 0.29) is 5.91 Å². The van der Waals surface area contributed by atoms with Gasteiger partial charge in [-0.2, -0.15) is 0 Å². The monoisotopic (exact) mass is 412 g/mol. The Morgan fingerprint density at radius 1 is 1.14 bits per heavy atom. The number of ether oxygens (including phenoxy) is 1. The van der Waals surface area contributed by atoms with Crippen molar-refractivity contribution in [3.63, 3.8) is 0 Å². The molecule has 154 valence electrons. The van der Waals surface area contributed by atoms with Crippen molar-refractivity contribution in [3.05, 3.63) is 53.6 Å². The van der Waals surface area contributed by atoms with Crippen LogP contribution in [0.25, 0.3) is 10.2 Å². The lowest BCUT2D eigenvalue weighted by Gasteiger charge is -2.23. The number of amides is 1. The van der Waals surface area contributed by atoms with Crippen molar-refractivity contribution >= 4 is 32.6 Å². The summed E-state index contributed by atoms with van der Waals surface area (Å²) in [6.07, 6.45) is 0. The predicted molar refractivity (Wildman–Crippen MR) is 121 cm³/mol. The van der Waals surface area contributed by atoms with Crippen molar-refractivity contribution in [1.82, 2.24) is 4.98 Å². The summed E-state index contributed by atoms with van der Waals surface area (Å²) < 4.78 is 6.77. The molecule has 0 aliphatic heterocycles. The summed E-state index contributed by atoms with van der Waals surface area (Å²) in [5.74, 6) is 0.766. The fourth-order valence-electron chi connectivity index (χ4n) is 3.39. The van der Waals surface area contributed by atoms with E-state index >= 15 is 0 Å². The zero-order valence-electron chi connectivity index (χ0n) is 17.7. The second-order valence-corrected chi connectivity index (χ2v) is 8.07. The van der Waals surface area contributed by atoms with Gasteiger partial charge in [-0.15, -0.1) is 0 Å². The minimum Gasteiger partial charge on any atom is -0.492 e. The van der Waals surface area contributed by atoms with Crippen LogP contribution in [0.1, 0.15) is 36.7 Å². The first-order valence-electron chi connectivity index (χ1n) is 10.3. The van der Waals surface area contributed by atoms with E-state index < -0.39 is 0 Å². The van der Waals surface area contributed by atoms with Crippen LogP contribution in [-0.2, 0) is 0 Å². The van der Waals surface area contributed by atoms with Gasteiger partial charge in [0.15, 0.2) is 5.13 Å². The Morgan fingerprint density at radius 3 is 2.59 bits per heavy atom. The standard InChI is InChI=1S/C23H29N3O2S/c1-5-25(6-2)14-15-26(22(27)18-11-8-10-17(4)16-18)23-24-21-19(28-7-3)12-9-13-20(21)29-23/h8-13,16H,5-7,14-15H2,1-4H3/p+1. The summed E-state index contributed by atoms with van der Waals surface area (Å²) >= 11 is 1.54. The van der Waals surface area contributed by atoms with Crippen LogP contribution in [0.5, 0.6) is 5.75 Å². The molecule has 1 heterocycles. The smallest absolute Gasteiger partial charge is 0.260 e. The summed E-state index contributed by atoms with van der Waals surface area (Å²) in [6.45, 7) is 12.5. The zero-order valence-corrected chi connectivity index (χ0v) is 18.5. The molecule has 0 aliphatic rings. The van der Waals surface area contributed by atoms with Crippen LogP contribution in [0.3, 0.4) is 0 Å². The molecule has 0 saturated carbocycles. The second-order valence-electron chi connectivity index (χ2n) is 7.07. The molecule has 6 heteroatoms. The highest BCUT2D eigenvalue weighted by atomic mass is 32.1. The van der Waals surface area contributed by atoms with Crippen molar-refractivity contribution in [2.45, 2.75) is 27.7 Å². The molecule has 0 radical (unpaired) electrons. The van der Waals surface area contributed by atoms with E-state index in [1.165, 1.54) is 4.90 Å². The Hall–Kier alpha value is -2.44. The Labute approximate surface area is 176 Å². The van der Waals surface area contributed by atoms with Crippen LogP contribution < -0.4 is 14.5 Å². The zero-order chi connectivity index (χ0) is 20.8. The van der Waals surface area contributed by atoms with Gasteiger partial charge in [0.05, 0.1) is 37.5 Å². The summed E-state index contributed by atoms with van der Waals surface area (Å²) in [5, 5.41) is 0.727. The number of nitrogens with one attached hydrogen (secondary N) is 1. The van der Waals surface area contributed by atoms with E-state index in [1.807, 2.05) is 61.2 Å². The lowest BCUT2D eigenvalue weighted by atomic mass is 10.1. The average molecular weight is 413 g/mol. The number of para-hydroxylation sites is 1. The van der Waals surface area contributed by atoms with Crippen LogP contribution in [0, 0.1) is 6.92 Å². The number of aromatic nitrogens is 1. The molecule has 0 bridgehead atoms. The highest BCUT2D eigenvalue weighted by molar-refractivity contribution is 7.22. The number of hydrogen-bond donors (Lipinski definition) is 1. The number of carbonyl (C=O) groups excluding carboxylic acids is 1. The van der Waals surface area contributed by atoms with Crippen LogP contribution in [0.2, 0.25) is 0 Å². The Morgan fingerprint density at radius 2 is 1.90 bits per heavy atom. The van der Waals surface area contributed by atoms with Crippen molar-refractivity contribution in [2.24, 2.45) is 0 Å². The molecule has 2 aromatic carbocycles. The SMILES string of the molecule is CCOc1cccc2sc(N(CC[NH+](CC)CC)C(=O)c3cccc(C)c3)nc12. The van der Waals surface area contributed by atoms with Gasteiger partial charge in [-0.25, -0.2) is 4.98 Å². The topological polar surface area (TPSA) is 46.9 Å². The third-order valence-corrected chi connectivity index (χ3v) is 6.14. The van der Waals surface area contributed by atoms with E-state index in [0.29, 0.717) is 18.7 Å². The number of anilines is 1. The summed E-state index contributed by atoms with van der Waals surface area (Å²) in [4.78, 5) is 21.5. The van der Waals surface area contributed by atoms with Gasteiger partial charge in [-0.3, -0.25) is 9.69 Å². The van der Waals surface area contributed by atoms with Gasteiger partial charge in [-0.05, 0) is 52.0 Å². The minimum atomic E-state index is -0.00253. The normalized spacial score (nSPS) is 11.2. The molecule has 1 N–H and O–H groups in total. The Bertz CT molecular complexity index is 966. The molecule has 5 nitrogen and oxygen atoms in total. The maximum atomic E-state index is 13.4. The van der Waals surface area contributed by atoms with E-state index in [4.69, 9.17) is 9.72 Å².